The summed E-state index contributed by atoms with van der Waals surface area (Å²) in [4.78, 5) is 1.08. The zero-order valence-corrected chi connectivity index (χ0v) is 26.7. The lowest BCUT2D eigenvalue weighted by Crippen LogP contribution is -2.14. The Kier molecular flexibility index (Phi) is 15.0. The summed E-state index contributed by atoms with van der Waals surface area (Å²) < 4.78 is 3.70. The highest BCUT2D eigenvalue weighted by atomic mass is 79.9. The number of unbranched alkanes of at least 4 members (excludes halogenated alkanes) is 9. The Morgan fingerprint density at radius 1 is 0.500 bits per heavy atom. The van der Waals surface area contributed by atoms with E-state index in [1.807, 2.05) is 45.8 Å². The second kappa shape index (κ2) is 17.7. The first-order valence-corrected chi connectivity index (χ1v) is 14.7. The molecule has 2 aromatic carbocycles. The number of aryl methyl sites for hydroxylation is 2. The summed E-state index contributed by atoms with van der Waals surface area (Å²) in [6.07, 6.45) is 12.3. The summed E-state index contributed by atoms with van der Waals surface area (Å²) in [7, 11) is 0. The number of nitrogens with zero attached hydrogens (tertiary/aromatic N) is 4. The molecule has 0 unspecified atom stereocenters. The molecule has 0 amide bonds. The summed E-state index contributed by atoms with van der Waals surface area (Å²) in [5.41, 5.74) is 2.19. The van der Waals surface area contributed by atoms with Gasteiger partial charge in [0.25, 0.3) is 0 Å². The Hall–Kier alpha value is -1.88. The molecule has 0 saturated carbocycles. The standard InChI is InChI=1S/C28H36N6S2.2BrH/c29-27-33(31-25(35-27)23-17-11-9-12-18-23)21-15-7-5-3-1-2-4-6-8-16-22-34-28(30)36-26(32-34)24-19-13-10-14-20-24;;/h9-14,17-20,29-30H,1-8,15-16,21-22H2;2*1H. The van der Waals surface area contributed by atoms with E-state index in [0.29, 0.717) is 9.60 Å². The SMILES string of the molecule is Br.Br.N=c1sc(-c2ccccc2)nn1CCCCCCCCCCCCn1nc(-c2ccccc2)sc1=N. The number of aromatic nitrogens is 4. The third-order valence-electron chi connectivity index (χ3n) is 6.31. The first-order chi connectivity index (χ1) is 17.7. The maximum Gasteiger partial charge on any atom is 0.200 e. The van der Waals surface area contributed by atoms with Crippen LogP contribution < -0.4 is 9.60 Å². The molecule has 0 fully saturated rings. The van der Waals surface area contributed by atoms with Crippen molar-refractivity contribution in [1.29, 1.82) is 10.8 Å². The van der Waals surface area contributed by atoms with E-state index in [2.05, 4.69) is 34.5 Å². The molecule has 0 aliphatic heterocycles. The third kappa shape index (κ3) is 10.0. The van der Waals surface area contributed by atoms with Gasteiger partial charge in [0.05, 0.1) is 0 Å². The van der Waals surface area contributed by atoms with Crippen molar-refractivity contribution in [3.8, 4) is 21.1 Å². The highest BCUT2D eigenvalue weighted by molar-refractivity contribution is 8.93. The van der Waals surface area contributed by atoms with E-state index in [4.69, 9.17) is 10.8 Å². The molecule has 4 aromatic rings. The smallest absolute Gasteiger partial charge is 0.200 e. The molecule has 206 valence electrons. The van der Waals surface area contributed by atoms with E-state index in [0.717, 1.165) is 47.1 Å². The van der Waals surface area contributed by atoms with E-state index in [-0.39, 0.29) is 34.0 Å². The number of hydrogen-bond donors (Lipinski definition) is 2. The van der Waals surface area contributed by atoms with Crippen molar-refractivity contribution < 1.29 is 0 Å². The predicted molar refractivity (Wildman–Crippen MR) is 170 cm³/mol. The highest BCUT2D eigenvalue weighted by Gasteiger charge is 2.07. The molecule has 6 nitrogen and oxygen atoms in total. The molecule has 0 spiro atoms. The lowest BCUT2D eigenvalue weighted by atomic mass is 10.1. The van der Waals surface area contributed by atoms with E-state index in [9.17, 15) is 0 Å². The van der Waals surface area contributed by atoms with Crippen LogP contribution in [0.1, 0.15) is 64.2 Å². The topological polar surface area (TPSA) is 83.3 Å². The van der Waals surface area contributed by atoms with Crippen LogP contribution >= 0.6 is 56.6 Å². The van der Waals surface area contributed by atoms with Gasteiger partial charge < -0.3 is 0 Å². The lowest BCUT2D eigenvalue weighted by Gasteiger charge is -2.04. The van der Waals surface area contributed by atoms with Crippen molar-refractivity contribution in [3.05, 3.63) is 70.3 Å². The molecule has 0 saturated heterocycles. The first kappa shape index (κ1) is 32.3. The fraction of sp³-hybridized carbons (Fsp3) is 0.429. The Balaban J connectivity index is 0.00000253. The van der Waals surface area contributed by atoms with E-state index < -0.39 is 0 Å². The predicted octanol–water partition coefficient (Wildman–Crippen LogP) is 8.25. The highest BCUT2D eigenvalue weighted by Crippen LogP contribution is 2.20. The normalized spacial score (nSPS) is 10.6. The Bertz CT molecular complexity index is 1200. The van der Waals surface area contributed by atoms with Crippen LogP contribution in [0.15, 0.2) is 60.7 Å². The number of benzene rings is 2. The number of hydrogen-bond acceptors (Lipinski definition) is 6. The minimum Gasteiger partial charge on any atom is -0.274 e. The van der Waals surface area contributed by atoms with Gasteiger partial charge in [-0.1, -0.05) is 135 Å². The van der Waals surface area contributed by atoms with Crippen LogP contribution in [0.25, 0.3) is 21.1 Å². The zero-order chi connectivity index (χ0) is 25.0. The van der Waals surface area contributed by atoms with Gasteiger partial charge in [0.15, 0.2) is 0 Å². The second-order valence-electron chi connectivity index (χ2n) is 9.14. The molecular formula is C28H38Br2N6S2. The Labute approximate surface area is 254 Å². The van der Waals surface area contributed by atoms with Crippen molar-refractivity contribution in [2.75, 3.05) is 0 Å². The average molecular weight is 683 g/mol. The lowest BCUT2D eigenvalue weighted by molar-refractivity contribution is 0.494. The summed E-state index contributed by atoms with van der Waals surface area (Å²) in [6, 6.07) is 20.3. The maximum atomic E-state index is 8.18. The molecule has 2 N–H and O–H groups in total. The minimum absolute atomic E-state index is 0. The van der Waals surface area contributed by atoms with Crippen molar-refractivity contribution in [2.24, 2.45) is 0 Å². The molecular weight excluding hydrogens is 644 g/mol. The largest absolute Gasteiger partial charge is 0.274 e. The molecule has 10 heteroatoms. The van der Waals surface area contributed by atoms with Crippen molar-refractivity contribution in [1.82, 2.24) is 19.6 Å². The fourth-order valence-electron chi connectivity index (χ4n) is 4.27. The number of rotatable bonds is 15. The van der Waals surface area contributed by atoms with Gasteiger partial charge in [-0.25, -0.2) is 9.36 Å². The van der Waals surface area contributed by atoms with E-state index >= 15 is 0 Å². The Morgan fingerprint density at radius 2 is 0.816 bits per heavy atom. The number of nitrogens with one attached hydrogen (secondary N) is 2. The van der Waals surface area contributed by atoms with E-state index in [1.165, 1.54) is 74.0 Å². The van der Waals surface area contributed by atoms with Crippen molar-refractivity contribution in [3.63, 3.8) is 0 Å². The van der Waals surface area contributed by atoms with Gasteiger partial charge in [-0.05, 0) is 12.8 Å². The van der Waals surface area contributed by atoms with Crippen LogP contribution in [0, 0.1) is 10.8 Å². The zero-order valence-electron chi connectivity index (χ0n) is 21.7. The second-order valence-corrected chi connectivity index (χ2v) is 11.1. The van der Waals surface area contributed by atoms with Crippen molar-refractivity contribution in [2.45, 2.75) is 77.3 Å². The van der Waals surface area contributed by atoms with Gasteiger partial charge in [-0.3, -0.25) is 10.8 Å². The van der Waals surface area contributed by atoms with Gasteiger partial charge in [-0.2, -0.15) is 10.2 Å². The third-order valence-corrected chi connectivity index (χ3v) is 8.14. The maximum absolute atomic E-state index is 8.18. The summed E-state index contributed by atoms with van der Waals surface area (Å²) in [6.45, 7) is 1.68. The summed E-state index contributed by atoms with van der Waals surface area (Å²) in [5, 5.41) is 27.5. The van der Waals surface area contributed by atoms with Crippen LogP contribution in [0.3, 0.4) is 0 Å². The van der Waals surface area contributed by atoms with Crippen molar-refractivity contribution >= 4 is 56.6 Å². The summed E-state index contributed by atoms with van der Waals surface area (Å²) in [5.74, 6) is 0. The quantitative estimate of drug-likeness (QED) is 0.124. The van der Waals surface area contributed by atoms with Crippen LogP contribution in [0.5, 0.6) is 0 Å². The van der Waals surface area contributed by atoms with Crippen LogP contribution in [0.2, 0.25) is 0 Å². The number of halogens is 2. The molecule has 0 radical (unpaired) electrons. The summed E-state index contributed by atoms with van der Waals surface area (Å²) >= 11 is 2.91. The molecule has 2 aromatic heterocycles. The molecule has 0 aliphatic carbocycles. The minimum atomic E-state index is 0. The Morgan fingerprint density at radius 3 is 1.16 bits per heavy atom. The fourth-order valence-corrected chi connectivity index (χ4v) is 5.90. The van der Waals surface area contributed by atoms with Gasteiger partial charge in [0.2, 0.25) is 9.60 Å². The van der Waals surface area contributed by atoms with Crippen LogP contribution in [-0.4, -0.2) is 19.6 Å². The molecule has 0 aliphatic rings. The monoisotopic (exact) mass is 680 g/mol. The van der Waals surface area contributed by atoms with Gasteiger partial charge in [0, 0.05) is 24.2 Å². The molecule has 4 rings (SSSR count). The first-order valence-electron chi connectivity index (χ1n) is 13.1. The molecule has 0 atom stereocenters. The molecule has 0 bridgehead atoms. The molecule has 38 heavy (non-hydrogen) atoms. The average Bonchev–Trinajstić information content (AvgIpc) is 3.47. The molecule has 2 heterocycles. The van der Waals surface area contributed by atoms with Gasteiger partial charge in [-0.15, -0.1) is 34.0 Å². The van der Waals surface area contributed by atoms with Gasteiger partial charge >= 0.3 is 0 Å². The van der Waals surface area contributed by atoms with Gasteiger partial charge in [0.1, 0.15) is 10.0 Å². The van der Waals surface area contributed by atoms with Crippen LogP contribution in [0.4, 0.5) is 0 Å². The van der Waals surface area contributed by atoms with E-state index in [1.54, 1.807) is 0 Å². The van der Waals surface area contributed by atoms with Crippen LogP contribution in [-0.2, 0) is 13.1 Å².